The van der Waals surface area contributed by atoms with Crippen LogP contribution in [0, 0.1) is 0 Å². The van der Waals surface area contributed by atoms with Crippen LogP contribution in [0.2, 0.25) is 0 Å². The number of ether oxygens (including phenoxy) is 2. The van der Waals surface area contributed by atoms with Crippen LogP contribution in [0.3, 0.4) is 0 Å². The molecule has 0 spiro atoms. The second kappa shape index (κ2) is 7.96. The topological polar surface area (TPSA) is 68.5 Å². The standard InChI is InChI=1S/C18H24F2N6O2/c1-12(15(19)20)24(2)18-22-16(25-5-9-28-10-6-25)14-11-21-26(17(14)23-18)13-3-7-27-8-4-13/h11,13,15H,1,3-10H2,2H3. The Kier molecular flexibility index (Phi) is 5.40. The largest absolute Gasteiger partial charge is 0.381 e. The molecule has 0 unspecified atom stereocenters. The first-order chi connectivity index (χ1) is 13.6. The quantitative estimate of drug-likeness (QED) is 0.770. The van der Waals surface area contributed by atoms with Gasteiger partial charge in [0.25, 0.3) is 6.43 Å². The lowest BCUT2D eigenvalue weighted by Crippen LogP contribution is -2.37. The molecule has 0 radical (unpaired) electrons. The van der Waals surface area contributed by atoms with E-state index in [0.29, 0.717) is 51.0 Å². The second-order valence-electron chi connectivity index (χ2n) is 6.97. The summed E-state index contributed by atoms with van der Waals surface area (Å²) in [6.07, 6.45) is 0.753. The third-order valence-electron chi connectivity index (χ3n) is 5.25. The number of anilines is 2. The minimum atomic E-state index is -2.68. The molecule has 0 bridgehead atoms. The Morgan fingerprint density at radius 2 is 1.86 bits per heavy atom. The van der Waals surface area contributed by atoms with E-state index in [1.165, 1.54) is 11.9 Å². The summed E-state index contributed by atoms with van der Waals surface area (Å²) in [6, 6.07) is 0.162. The number of rotatable bonds is 5. The molecule has 0 aliphatic carbocycles. The van der Waals surface area contributed by atoms with Gasteiger partial charge in [0, 0.05) is 33.4 Å². The van der Waals surface area contributed by atoms with Crippen LogP contribution in [0.25, 0.3) is 11.0 Å². The van der Waals surface area contributed by atoms with Crippen LogP contribution < -0.4 is 9.80 Å². The lowest BCUT2D eigenvalue weighted by molar-refractivity contribution is 0.0673. The summed E-state index contributed by atoms with van der Waals surface area (Å²) < 4.78 is 39.1. The first-order valence-corrected chi connectivity index (χ1v) is 9.42. The molecule has 0 aromatic carbocycles. The van der Waals surface area contributed by atoms with E-state index in [2.05, 4.69) is 26.5 Å². The molecule has 8 nitrogen and oxygen atoms in total. The van der Waals surface area contributed by atoms with E-state index in [4.69, 9.17) is 9.47 Å². The molecule has 0 saturated carbocycles. The average molecular weight is 394 g/mol. The molecule has 2 aliphatic heterocycles. The van der Waals surface area contributed by atoms with Gasteiger partial charge in [-0.05, 0) is 12.8 Å². The minimum Gasteiger partial charge on any atom is -0.381 e. The number of alkyl halides is 2. The van der Waals surface area contributed by atoms with E-state index in [0.717, 1.165) is 18.2 Å². The second-order valence-corrected chi connectivity index (χ2v) is 6.97. The van der Waals surface area contributed by atoms with Crippen molar-refractivity contribution in [1.29, 1.82) is 0 Å². The molecule has 152 valence electrons. The fourth-order valence-electron chi connectivity index (χ4n) is 3.54. The third kappa shape index (κ3) is 3.53. The van der Waals surface area contributed by atoms with Crippen LogP contribution in [0.5, 0.6) is 0 Å². The highest BCUT2D eigenvalue weighted by Crippen LogP contribution is 2.31. The van der Waals surface area contributed by atoms with E-state index >= 15 is 0 Å². The SMILES string of the molecule is C=C(C(F)F)N(C)c1nc(N2CCOCC2)c2cnn(C3CCOCC3)c2n1. The molecule has 4 rings (SSSR count). The molecule has 0 atom stereocenters. The number of fused-ring (bicyclic) bond motifs is 1. The Labute approximate surface area is 161 Å². The van der Waals surface area contributed by atoms with Gasteiger partial charge in [0.2, 0.25) is 5.95 Å². The molecule has 10 heteroatoms. The lowest BCUT2D eigenvalue weighted by Gasteiger charge is -2.29. The van der Waals surface area contributed by atoms with Crippen LogP contribution >= 0.6 is 0 Å². The maximum Gasteiger partial charge on any atom is 0.277 e. The molecule has 0 N–H and O–H groups in total. The van der Waals surface area contributed by atoms with E-state index in [1.54, 1.807) is 6.20 Å². The molecule has 2 aromatic rings. The molecular formula is C18H24F2N6O2. The number of hydrogen-bond donors (Lipinski definition) is 0. The third-order valence-corrected chi connectivity index (χ3v) is 5.25. The highest BCUT2D eigenvalue weighted by Gasteiger charge is 2.26. The van der Waals surface area contributed by atoms with Gasteiger partial charge in [-0.25, -0.2) is 13.5 Å². The molecule has 2 saturated heterocycles. The van der Waals surface area contributed by atoms with Gasteiger partial charge in [0.1, 0.15) is 5.82 Å². The number of morpholine rings is 1. The van der Waals surface area contributed by atoms with Crippen LogP contribution in [0.15, 0.2) is 18.5 Å². The highest BCUT2D eigenvalue weighted by atomic mass is 19.3. The van der Waals surface area contributed by atoms with Crippen molar-refractivity contribution in [2.75, 3.05) is 56.4 Å². The summed E-state index contributed by atoms with van der Waals surface area (Å²) in [5, 5.41) is 5.38. The first-order valence-electron chi connectivity index (χ1n) is 9.42. The van der Waals surface area contributed by atoms with E-state index in [-0.39, 0.29) is 17.7 Å². The van der Waals surface area contributed by atoms with Crippen molar-refractivity contribution < 1.29 is 18.3 Å². The molecule has 0 amide bonds. The summed E-state index contributed by atoms with van der Waals surface area (Å²) >= 11 is 0. The summed E-state index contributed by atoms with van der Waals surface area (Å²) in [6.45, 7) is 7.35. The van der Waals surface area contributed by atoms with Crippen LogP contribution in [-0.2, 0) is 9.47 Å². The Morgan fingerprint density at radius 1 is 1.18 bits per heavy atom. The normalized spacial score (nSPS) is 18.8. The van der Waals surface area contributed by atoms with E-state index in [1.807, 2.05) is 4.68 Å². The molecule has 28 heavy (non-hydrogen) atoms. The predicted molar refractivity (Wildman–Crippen MR) is 101 cm³/mol. The molecular weight excluding hydrogens is 370 g/mol. The van der Waals surface area contributed by atoms with Crippen LogP contribution in [0.1, 0.15) is 18.9 Å². The van der Waals surface area contributed by atoms with Gasteiger partial charge in [-0.3, -0.25) is 0 Å². The predicted octanol–water partition coefficient (Wildman–Crippen LogP) is 2.23. The number of nitrogens with zero attached hydrogens (tertiary/aromatic N) is 6. The number of hydrogen-bond acceptors (Lipinski definition) is 7. The fourth-order valence-corrected chi connectivity index (χ4v) is 3.54. The Morgan fingerprint density at radius 3 is 2.54 bits per heavy atom. The van der Waals surface area contributed by atoms with Gasteiger partial charge in [0.15, 0.2) is 5.65 Å². The summed E-state index contributed by atoms with van der Waals surface area (Å²) in [7, 11) is 1.51. The zero-order valence-corrected chi connectivity index (χ0v) is 15.9. The zero-order valence-electron chi connectivity index (χ0n) is 15.9. The maximum atomic E-state index is 13.2. The number of halogens is 2. The zero-order chi connectivity index (χ0) is 19.7. The Hall–Kier alpha value is -2.33. The van der Waals surface area contributed by atoms with Crippen molar-refractivity contribution in [2.45, 2.75) is 25.3 Å². The minimum absolute atomic E-state index is 0.162. The van der Waals surface area contributed by atoms with Crippen molar-refractivity contribution in [3.63, 3.8) is 0 Å². The van der Waals surface area contributed by atoms with Gasteiger partial charge >= 0.3 is 0 Å². The Balaban J connectivity index is 1.81. The van der Waals surface area contributed by atoms with Crippen molar-refractivity contribution >= 4 is 22.8 Å². The van der Waals surface area contributed by atoms with Gasteiger partial charge in [0.05, 0.1) is 36.5 Å². The van der Waals surface area contributed by atoms with Gasteiger partial charge in [-0.2, -0.15) is 15.1 Å². The van der Waals surface area contributed by atoms with Gasteiger partial charge < -0.3 is 19.3 Å². The fraction of sp³-hybridized carbons (Fsp3) is 0.611. The van der Waals surface area contributed by atoms with Crippen molar-refractivity contribution in [2.24, 2.45) is 0 Å². The highest BCUT2D eigenvalue weighted by molar-refractivity contribution is 5.88. The van der Waals surface area contributed by atoms with E-state index < -0.39 is 6.43 Å². The average Bonchev–Trinajstić information content (AvgIpc) is 3.17. The first kappa shape index (κ1) is 19.0. The van der Waals surface area contributed by atoms with Crippen LogP contribution in [0.4, 0.5) is 20.5 Å². The molecule has 2 aromatic heterocycles. The number of aromatic nitrogens is 4. The Bertz CT molecular complexity index is 846. The van der Waals surface area contributed by atoms with Crippen molar-refractivity contribution in [3.8, 4) is 0 Å². The van der Waals surface area contributed by atoms with Gasteiger partial charge in [-0.15, -0.1) is 0 Å². The molecule has 2 aliphatic rings. The monoisotopic (exact) mass is 394 g/mol. The van der Waals surface area contributed by atoms with Crippen molar-refractivity contribution in [1.82, 2.24) is 19.7 Å². The smallest absolute Gasteiger partial charge is 0.277 e. The summed E-state index contributed by atoms with van der Waals surface area (Å²) in [4.78, 5) is 12.5. The van der Waals surface area contributed by atoms with Crippen LogP contribution in [-0.4, -0.2) is 72.7 Å². The van der Waals surface area contributed by atoms with Crippen molar-refractivity contribution in [3.05, 3.63) is 18.5 Å². The number of allylic oxidation sites excluding steroid dienone is 1. The van der Waals surface area contributed by atoms with Gasteiger partial charge in [-0.1, -0.05) is 6.58 Å². The maximum absolute atomic E-state index is 13.2. The van der Waals surface area contributed by atoms with E-state index in [9.17, 15) is 8.78 Å². The summed E-state index contributed by atoms with van der Waals surface area (Å²) in [5.41, 5.74) is 0.303. The summed E-state index contributed by atoms with van der Waals surface area (Å²) in [5.74, 6) is 0.878. The molecule has 2 fully saturated rings. The lowest BCUT2D eigenvalue weighted by atomic mass is 10.1. The molecule has 4 heterocycles.